The fourth-order valence-corrected chi connectivity index (χ4v) is 5.83. The second kappa shape index (κ2) is 11.1. The van der Waals surface area contributed by atoms with E-state index in [1.807, 2.05) is 7.11 Å². The SMILES string of the molecule is COc1c(C)c(Br)c(C)c(C)c1CC1CCC(CC2CC[CH-]CC2)CC1.[Y]. The van der Waals surface area contributed by atoms with Gasteiger partial charge in [0.25, 0.3) is 0 Å². The molecule has 27 heavy (non-hydrogen) atoms. The molecule has 0 amide bonds. The van der Waals surface area contributed by atoms with Crippen LogP contribution in [0.4, 0.5) is 0 Å². The Morgan fingerprint density at radius 2 is 1.41 bits per heavy atom. The van der Waals surface area contributed by atoms with Crippen LogP contribution in [-0.4, -0.2) is 7.11 Å². The summed E-state index contributed by atoms with van der Waals surface area (Å²) in [5, 5.41) is 0. The number of benzene rings is 1. The first-order valence-corrected chi connectivity index (χ1v) is 11.4. The van der Waals surface area contributed by atoms with Crippen LogP contribution in [0.1, 0.15) is 80.0 Å². The number of rotatable bonds is 5. The minimum atomic E-state index is 0. The largest absolute Gasteiger partial charge is 0.496 e. The molecule has 1 aromatic carbocycles. The molecule has 0 aliphatic heterocycles. The molecule has 0 heterocycles. The van der Waals surface area contributed by atoms with Gasteiger partial charge in [0, 0.05) is 42.7 Å². The van der Waals surface area contributed by atoms with Crippen molar-refractivity contribution >= 4 is 15.9 Å². The minimum Gasteiger partial charge on any atom is -0.496 e. The van der Waals surface area contributed by atoms with Crippen LogP contribution in [0.2, 0.25) is 0 Å². The van der Waals surface area contributed by atoms with Crippen molar-refractivity contribution in [2.75, 3.05) is 7.11 Å². The monoisotopic (exact) mass is 508 g/mol. The van der Waals surface area contributed by atoms with E-state index in [-0.39, 0.29) is 32.7 Å². The molecule has 3 rings (SSSR count). The Bertz CT molecular complexity index is 614. The maximum atomic E-state index is 5.82. The number of methoxy groups -OCH3 is 1. The van der Waals surface area contributed by atoms with E-state index in [4.69, 9.17) is 4.74 Å². The normalized spacial score (nSPS) is 23.7. The van der Waals surface area contributed by atoms with E-state index in [1.54, 1.807) is 0 Å². The zero-order chi connectivity index (χ0) is 18.7. The van der Waals surface area contributed by atoms with E-state index in [0.29, 0.717) is 0 Å². The van der Waals surface area contributed by atoms with Gasteiger partial charge in [0.05, 0.1) is 7.11 Å². The molecule has 2 aliphatic rings. The molecule has 2 aliphatic carbocycles. The van der Waals surface area contributed by atoms with Crippen molar-refractivity contribution in [3.05, 3.63) is 33.1 Å². The third-order valence-corrected chi connectivity index (χ3v) is 8.37. The smallest absolute Gasteiger partial charge is 0.126 e. The second-order valence-corrected chi connectivity index (χ2v) is 9.63. The molecule has 0 atom stereocenters. The first kappa shape index (κ1) is 23.9. The number of hydrogen-bond acceptors (Lipinski definition) is 1. The van der Waals surface area contributed by atoms with Gasteiger partial charge < -0.3 is 11.2 Å². The molecule has 0 bridgehead atoms. The standard InChI is InChI=1S/C24H36BrO.Y/c1-16-17(2)23(25)18(3)24(26-4)22(16)15-21-12-10-20(11-13-21)14-19-8-6-5-7-9-19;/h5,19-21H,6-15H2,1-4H3;/q-1;. The molecule has 0 aromatic heterocycles. The topological polar surface area (TPSA) is 9.23 Å². The van der Waals surface area contributed by atoms with Gasteiger partial charge in [0.2, 0.25) is 0 Å². The summed E-state index contributed by atoms with van der Waals surface area (Å²) in [7, 11) is 1.82. The van der Waals surface area contributed by atoms with Crippen LogP contribution in [0.3, 0.4) is 0 Å². The Labute approximate surface area is 200 Å². The molecule has 0 saturated heterocycles. The molecule has 1 radical (unpaired) electrons. The van der Waals surface area contributed by atoms with Crippen molar-refractivity contribution < 1.29 is 37.4 Å². The van der Waals surface area contributed by atoms with Crippen LogP contribution in [-0.2, 0) is 39.1 Å². The Hall–Kier alpha value is 0.604. The number of ether oxygens (including phenoxy) is 1. The predicted molar refractivity (Wildman–Crippen MR) is 115 cm³/mol. The van der Waals surface area contributed by atoms with Gasteiger partial charge in [-0.25, -0.2) is 0 Å². The summed E-state index contributed by atoms with van der Waals surface area (Å²) in [6, 6.07) is 0. The fraction of sp³-hybridized carbons (Fsp3) is 0.708. The van der Waals surface area contributed by atoms with Crippen LogP contribution in [0.25, 0.3) is 0 Å². The van der Waals surface area contributed by atoms with Crippen LogP contribution in [0, 0.1) is 44.9 Å². The van der Waals surface area contributed by atoms with Gasteiger partial charge >= 0.3 is 0 Å². The average molecular weight is 509 g/mol. The van der Waals surface area contributed by atoms with Crippen molar-refractivity contribution in [2.45, 2.75) is 85.0 Å². The van der Waals surface area contributed by atoms with Gasteiger partial charge in [-0.3, -0.25) is 0 Å². The van der Waals surface area contributed by atoms with E-state index < -0.39 is 0 Å². The zero-order valence-corrected chi connectivity index (χ0v) is 22.2. The molecule has 2 saturated carbocycles. The molecule has 1 nitrogen and oxygen atoms in total. The molecule has 149 valence electrons. The van der Waals surface area contributed by atoms with Crippen LogP contribution in [0.5, 0.6) is 5.75 Å². The molecule has 0 N–H and O–H groups in total. The van der Waals surface area contributed by atoms with E-state index in [2.05, 4.69) is 43.1 Å². The van der Waals surface area contributed by atoms with Gasteiger partial charge in [-0.1, -0.05) is 41.6 Å². The van der Waals surface area contributed by atoms with Crippen LogP contribution < -0.4 is 4.74 Å². The molecule has 0 spiro atoms. The Kier molecular flexibility index (Phi) is 9.83. The summed E-state index contributed by atoms with van der Waals surface area (Å²) in [4.78, 5) is 0. The van der Waals surface area contributed by atoms with Gasteiger partial charge in [0.15, 0.2) is 0 Å². The van der Waals surface area contributed by atoms with Gasteiger partial charge in [-0.2, -0.15) is 12.8 Å². The van der Waals surface area contributed by atoms with Crippen molar-refractivity contribution in [1.29, 1.82) is 0 Å². The average Bonchev–Trinajstić information content (AvgIpc) is 2.67. The van der Waals surface area contributed by atoms with Crippen LogP contribution >= 0.6 is 15.9 Å². The first-order valence-electron chi connectivity index (χ1n) is 10.6. The molecular weight excluding hydrogens is 473 g/mol. The van der Waals surface area contributed by atoms with Crippen molar-refractivity contribution in [2.24, 2.45) is 17.8 Å². The van der Waals surface area contributed by atoms with E-state index >= 15 is 0 Å². The zero-order valence-electron chi connectivity index (χ0n) is 17.7. The summed E-state index contributed by atoms with van der Waals surface area (Å²) in [5.41, 5.74) is 5.51. The fourth-order valence-electron chi connectivity index (χ4n) is 5.35. The maximum absolute atomic E-state index is 5.82. The molecular formula is C24H36BrOY-. The Morgan fingerprint density at radius 1 is 0.852 bits per heavy atom. The van der Waals surface area contributed by atoms with E-state index in [0.717, 1.165) is 23.5 Å². The summed E-state index contributed by atoms with van der Waals surface area (Å²) >= 11 is 3.75. The summed E-state index contributed by atoms with van der Waals surface area (Å²) < 4.78 is 7.04. The quantitative estimate of drug-likeness (QED) is 0.374. The molecule has 3 heteroatoms. The minimum absolute atomic E-state index is 0. The Balaban J connectivity index is 0.00000261. The molecule has 1 aromatic rings. The summed E-state index contributed by atoms with van der Waals surface area (Å²) in [6.45, 7) is 6.67. The van der Waals surface area contributed by atoms with Gasteiger partial charge in [0.1, 0.15) is 5.75 Å². The van der Waals surface area contributed by atoms with E-state index in [1.165, 1.54) is 90.9 Å². The summed E-state index contributed by atoms with van der Waals surface area (Å²) in [5.74, 6) is 3.95. The third kappa shape index (κ3) is 5.82. The second-order valence-electron chi connectivity index (χ2n) is 8.84. The molecule has 0 unspecified atom stereocenters. The number of halogens is 1. The Morgan fingerprint density at radius 3 is 2.00 bits per heavy atom. The third-order valence-electron chi connectivity index (χ3n) is 7.18. The first-order chi connectivity index (χ1) is 12.5. The van der Waals surface area contributed by atoms with Gasteiger partial charge in [-0.15, -0.1) is 0 Å². The van der Waals surface area contributed by atoms with Crippen molar-refractivity contribution in [1.82, 2.24) is 0 Å². The molecule has 2 fully saturated rings. The van der Waals surface area contributed by atoms with Gasteiger partial charge in [-0.05, 0) is 80.9 Å². The van der Waals surface area contributed by atoms with Crippen LogP contribution in [0.15, 0.2) is 4.47 Å². The number of hydrogen-bond donors (Lipinski definition) is 0. The maximum Gasteiger partial charge on any atom is 0.126 e. The van der Waals surface area contributed by atoms with Crippen molar-refractivity contribution in [3.8, 4) is 5.75 Å². The predicted octanol–water partition coefficient (Wildman–Crippen LogP) is 7.51. The van der Waals surface area contributed by atoms with Crippen molar-refractivity contribution in [3.63, 3.8) is 0 Å². The summed E-state index contributed by atoms with van der Waals surface area (Å²) in [6.07, 6.45) is 16.5. The van der Waals surface area contributed by atoms with E-state index in [9.17, 15) is 0 Å².